The van der Waals surface area contributed by atoms with Crippen LogP contribution in [0.5, 0.6) is 0 Å². The van der Waals surface area contributed by atoms with Crippen molar-refractivity contribution < 1.29 is 19.1 Å². The van der Waals surface area contributed by atoms with Gasteiger partial charge in [-0.25, -0.2) is 4.79 Å². The van der Waals surface area contributed by atoms with Gasteiger partial charge in [0, 0.05) is 11.2 Å². The van der Waals surface area contributed by atoms with E-state index >= 15 is 0 Å². The zero-order valence-corrected chi connectivity index (χ0v) is 17.1. The molecule has 0 aliphatic rings. The third-order valence-corrected chi connectivity index (χ3v) is 3.85. The molecule has 0 heterocycles. The third-order valence-electron chi connectivity index (χ3n) is 3.85. The fraction of sp³-hybridized carbons (Fsp3) is 0.318. The standard InChI is InChI=1S/C22H27N3O4/c1-5-18(29-21(28)25-22(2,3)4)20(27)24-17-14-10-9-13-16(17)19(26)23-15-11-7-6-8-12-15/h6-14,18H,5H2,1-4H3,(H,23,26)(H,24,27)(H,25,28)/t18-/m1/s1. The number of carbonyl (C=O) groups excluding carboxylic acids is 3. The summed E-state index contributed by atoms with van der Waals surface area (Å²) in [5, 5.41) is 8.13. The van der Waals surface area contributed by atoms with E-state index in [1.807, 2.05) is 39.0 Å². The van der Waals surface area contributed by atoms with Crippen LogP contribution in [-0.4, -0.2) is 29.6 Å². The highest BCUT2D eigenvalue weighted by molar-refractivity contribution is 6.10. The summed E-state index contributed by atoms with van der Waals surface area (Å²) < 4.78 is 5.24. The lowest BCUT2D eigenvalue weighted by atomic mass is 10.1. The van der Waals surface area contributed by atoms with Gasteiger partial charge in [0.15, 0.2) is 6.10 Å². The van der Waals surface area contributed by atoms with E-state index in [4.69, 9.17) is 4.74 Å². The van der Waals surface area contributed by atoms with Crippen LogP contribution in [-0.2, 0) is 9.53 Å². The quantitative estimate of drug-likeness (QED) is 0.681. The molecule has 0 aliphatic heterocycles. The normalized spacial score (nSPS) is 11.9. The molecule has 1 atom stereocenters. The molecule has 0 spiro atoms. The Morgan fingerprint density at radius 1 is 0.931 bits per heavy atom. The van der Waals surface area contributed by atoms with Crippen LogP contribution in [0.15, 0.2) is 54.6 Å². The van der Waals surface area contributed by atoms with Crippen molar-refractivity contribution in [2.75, 3.05) is 10.6 Å². The molecule has 0 aliphatic carbocycles. The van der Waals surface area contributed by atoms with E-state index in [9.17, 15) is 14.4 Å². The molecule has 0 radical (unpaired) electrons. The second-order valence-electron chi connectivity index (χ2n) is 7.53. The molecular formula is C22H27N3O4. The molecule has 2 aromatic carbocycles. The molecule has 7 heteroatoms. The zero-order valence-electron chi connectivity index (χ0n) is 17.1. The fourth-order valence-electron chi connectivity index (χ4n) is 2.51. The van der Waals surface area contributed by atoms with Crippen molar-refractivity contribution in [1.29, 1.82) is 0 Å². The Bertz CT molecular complexity index is 860. The van der Waals surface area contributed by atoms with Crippen LogP contribution >= 0.6 is 0 Å². The van der Waals surface area contributed by atoms with Gasteiger partial charge in [-0.05, 0) is 51.5 Å². The van der Waals surface area contributed by atoms with E-state index < -0.39 is 23.6 Å². The van der Waals surface area contributed by atoms with Crippen molar-refractivity contribution in [3.8, 4) is 0 Å². The van der Waals surface area contributed by atoms with Crippen molar-refractivity contribution in [3.05, 3.63) is 60.2 Å². The lowest BCUT2D eigenvalue weighted by Gasteiger charge is -2.23. The molecular weight excluding hydrogens is 370 g/mol. The second kappa shape index (κ2) is 9.73. The first kappa shape index (κ1) is 21.9. The van der Waals surface area contributed by atoms with Crippen molar-refractivity contribution in [1.82, 2.24) is 5.32 Å². The van der Waals surface area contributed by atoms with Crippen LogP contribution in [0.1, 0.15) is 44.5 Å². The van der Waals surface area contributed by atoms with Crippen LogP contribution in [0.4, 0.5) is 16.2 Å². The van der Waals surface area contributed by atoms with E-state index in [-0.39, 0.29) is 5.91 Å². The molecule has 7 nitrogen and oxygen atoms in total. The average Bonchev–Trinajstić information content (AvgIpc) is 2.65. The van der Waals surface area contributed by atoms with Gasteiger partial charge in [0.2, 0.25) is 0 Å². The smallest absolute Gasteiger partial charge is 0.408 e. The molecule has 0 bridgehead atoms. The summed E-state index contributed by atoms with van der Waals surface area (Å²) in [5.41, 5.74) is 0.809. The van der Waals surface area contributed by atoms with Gasteiger partial charge in [-0.1, -0.05) is 37.3 Å². The van der Waals surface area contributed by atoms with Gasteiger partial charge < -0.3 is 20.7 Å². The Hall–Kier alpha value is -3.35. The summed E-state index contributed by atoms with van der Waals surface area (Å²) in [4.78, 5) is 37.2. The second-order valence-corrected chi connectivity index (χ2v) is 7.53. The molecule has 0 saturated carbocycles. The fourth-order valence-corrected chi connectivity index (χ4v) is 2.51. The minimum absolute atomic E-state index is 0.293. The Morgan fingerprint density at radius 2 is 1.55 bits per heavy atom. The first-order chi connectivity index (χ1) is 13.7. The maximum atomic E-state index is 12.6. The maximum absolute atomic E-state index is 12.6. The molecule has 0 unspecified atom stereocenters. The number of nitrogens with one attached hydrogen (secondary N) is 3. The summed E-state index contributed by atoms with van der Waals surface area (Å²) in [6, 6.07) is 15.7. The molecule has 2 aromatic rings. The minimum Gasteiger partial charge on any atom is -0.436 e. The number of hydrogen-bond acceptors (Lipinski definition) is 4. The van der Waals surface area contributed by atoms with Crippen molar-refractivity contribution in [2.24, 2.45) is 0 Å². The highest BCUT2D eigenvalue weighted by atomic mass is 16.6. The number of ether oxygens (including phenoxy) is 1. The molecule has 0 fully saturated rings. The maximum Gasteiger partial charge on any atom is 0.408 e. The van der Waals surface area contributed by atoms with Gasteiger partial charge in [0.1, 0.15) is 0 Å². The van der Waals surface area contributed by atoms with E-state index in [2.05, 4.69) is 16.0 Å². The van der Waals surface area contributed by atoms with Crippen LogP contribution in [0, 0.1) is 0 Å². The summed E-state index contributed by atoms with van der Waals surface area (Å²) in [6.45, 7) is 7.19. The Morgan fingerprint density at radius 3 is 2.17 bits per heavy atom. The highest BCUT2D eigenvalue weighted by Crippen LogP contribution is 2.18. The number of carbonyl (C=O) groups is 3. The lowest BCUT2D eigenvalue weighted by Crippen LogP contribution is -2.44. The third kappa shape index (κ3) is 6.95. The van der Waals surface area contributed by atoms with E-state index in [1.54, 1.807) is 43.3 Å². The zero-order chi connectivity index (χ0) is 21.4. The predicted octanol–water partition coefficient (Wildman–Crippen LogP) is 4.18. The van der Waals surface area contributed by atoms with E-state index in [0.29, 0.717) is 23.4 Å². The van der Waals surface area contributed by atoms with Gasteiger partial charge in [-0.15, -0.1) is 0 Å². The molecule has 29 heavy (non-hydrogen) atoms. The van der Waals surface area contributed by atoms with Crippen LogP contribution in [0.2, 0.25) is 0 Å². The molecule has 3 N–H and O–H groups in total. The monoisotopic (exact) mass is 397 g/mol. The van der Waals surface area contributed by atoms with Crippen LogP contribution in [0.25, 0.3) is 0 Å². The first-order valence-electron chi connectivity index (χ1n) is 9.44. The summed E-state index contributed by atoms with van der Waals surface area (Å²) in [6.07, 6.45) is -1.36. The summed E-state index contributed by atoms with van der Waals surface area (Å²) in [7, 11) is 0. The Balaban J connectivity index is 2.09. The van der Waals surface area contributed by atoms with Crippen LogP contribution in [0.3, 0.4) is 0 Å². The largest absolute Gasteiger partial charge is 0.436 e. The molecule has 154 valence electrons. The number of hydrogen-bond donors (Lipinski definition) is 3. The minimum atomic E-state index is -0.984. The number of benzene rings is 2. The lowest BCUT2D eigenvalue weighted by molar-refractivity contribution is -0.124. The van der Waals surface area contributed by atoms with Crippen molar-refractivity contribution >= 4 is 29.3 Å². The number of rotatable bonds is 6. The average molecular weight is 397 g/mol. The van der Waals surface area contributed by atoms with E-state index in [0.717, 1.165) is 0 Å². The summed E-state index contributed by atoms with van der Waals surface area (Å²) >= 11 is 0. The highest BCUT2D eigenvalue weighted by Gasteiger charge is 2.24. The molecule has 3 amide bonds. The van der Waals surface area contributed by atoms with Gasteiger partial charge in [0.05, 0.1) is 11.3 Å². The SMILES string of the molecule is CC[C@@H](OC(=O)NC(C)(C)C)C(=O)Nc1ccccc1C(=O)Nc1ccccc1. The Kier molecular flexibility index (Phi) is 7.36. The molecule has 0 aromatic heterocycles. The van der Waals surface area contributed by atoms with E-state index in [1.165, 1.54) is 0 Å². The topological polar surface area (TPSA) is 96.5 Å². The number of alkyl carbamates (subject to hydrolysis) is 1. The van der Waals surface area contributed by atoms with Crippen LogP contribution < -0.4 is 16.0 Å². The number of anilines is 2. The first-order valence-corrected chi connectivity index (χ1v) is 9.44. The van der Waals surface area contributed by atoms with Gasteiger partial charge in [-0.3, -0.25) is 9.59 Å². The van der Waals surface area contributed by atoms with Gasteiger partial charge >= 0.3 is 6.09 Å². The number of para-hydroxylation sites is 2. The predicted molar refractivity (Wildman–Crippen MR) is 113 cm³/mol. The summed E-state index contributed by atoms with van der Waals surface area (Å²) in [5.74, 6) is -0.858. The molecule has 0 saturated heterocycles. The van der Waals surface area contributed by atoms with Gasteiger partial charge in [-0.2, -0.15) is 0 Å². The van der Waals surface area contributed by atoms with Crippen molar-refractivity contribution in [2.45, 2.75) is 45.8 Å². The van der Waals surface area contributed by atoms with Gasteiger partial charge in [0.25, 0.3) is 11.8 Å². The van der Waals surface area contributed by atoms with Crippen molar-refractivity contribution in [3.63, 3.8) is 0 Å². The number of amides is 3. The molecule has 2 rings (SSSR count). The Labute approximate surface area is 170 Å².